The Morgan fingerprint density at radius 3 is 2.35 bits per heavy atom. The third kappa shape index (κ3) is 4.19. The van der Waals surface area contributed by atoms with Crippen LogP contribution in [0.2, 0.25) is 0 Å². The van der Waals surface area contributed by atoms with Gasteiger partial charge in [-0.25, -0.2) is 4.98 Å². The van der Waals surface area contributed by atoms with Crippen LogP contribution in [0.15, 0.2) is 46.5 Å². The highest BCUT2D eigenvalue weighted by atomic mass is 32.1. The molecule has 2 N–H and O–H groups in total. The van der Waals surface area contributed by atoms with Crippen LogP contribution in [0.3, 0.4) is 0 Å². The van der Waals surface area contributed by atoms with Gasteiger partial charge in [0.05, 0.1) is 11.6 Å². The molecule has 0 unspecified atom stereocenters. The van der Waals surface area contributed by atoms with E-state index >= 15 is 0 Å². The van der Waals surface area contributed by atoms with Crippen LogP contribution in [-0.2, 0) is 13.1 Å². The Morgan fingerprint density at radius 1 is 0.962 bits per heavy atom. The van der Waals surface area contributed by atoms with Crippen LogP contribution >= 0.6 is 22.7 Å². The first kappa shape index (κ1) is 17.4. The van der Waals surface area contributed by atoms with Gasteiger partial charge < -0.3 is 9.80 Å². The largest absolute Gasteiger partial charge is 0.322 e. The lowest BCUT2D eigenvalue weighted by Crippen LogP contribution is -3.27. The maximum absolute atomic E-state index is 8.89. The summed E-state index contributed by atoms with van der Waals surface area (Å²) < 4.78 is 0. The van der Waals surface area contributed by atoms with Crippen molar-refractivity contribution in [3.05, 3.63) is 63.3 Å². The Kier molecular flexibility index (Phi) is 5.42. The summed E-state index contributed by atoms with van der Waals surface area (Å²) in [6.07, 6.45) is 0. The lowest BCUT2D eigenvalue weighted by atomic mass is 10.1. The molecular weight excluding hydrogens is 360 g/mol. The van der Waals surface area contributed by atoms with Crippen molar-refractivity contribution < 1.29 is 9.80 Å². The normalized spacial score (nSPS) is 20.0. The van der Waals surface area contributed by atoms with E-state index in [2.05, 4.69) is 40.4 Å². The molecule has 1 aromatic carbocycles. The summed E-state index contributed by atoms with van der Waals surface area (Å²) in [5, 5.41) is 16.5. The minimum Gasteiger partial charge on any atom is -0.322 e. The Labute approximate surface area is 162 Å². The molecule has 0 aliphatic carbocycles. The lowest BCUT2D eigenvalue weighted by Gasteiger charge is -2.29. The van der Waals surface area contributed by atoms with Gasteiger partial charge in [0, 0.05) is 21.9 Å². The average molecular weight is 383 g/mol. The first-order chi connectivity index (χ1) is 12.8. The molecule has 0 saturated carbocycles. The van der Waals surface area contributed by atoms with Gasteiger partial charge in [-0.15, -0.1) is 11.3 Å². The summed E-state index contributed by atoms with van der Waals surface area (Å²) >= 11 is 3.48. The van der Waals surface area contributed by atoms with Gasteiger partial charge in [0.15, 0.2) is 0 Å². The predicted molar refractivity (Wildman–Crippen MR) is 105 cm³/mol. The summed E-state index contributed by atoms with van der Waals surface area (Å²) in [5.41, 5.74) is 4.53. The second kappa shape index (κ2) is 8.11. The van der Waals surface area contributed by atoms with Gasteiger partial charge in [0.25, 0.3) is 0 Å². The molecule has 26 heavy (non-hydrogen) atoms. The van der Waals surface area contributed by atoms with Gasteiger partial charge in [-0.2, -0.15) is 16.6 Å². The molecular formula is C20H22N4S2+2. The molecule has 132 valence electrons. The zero-order valence-corrected chi connectivity index (χ0v) is 16.2. The predicted octanol–water partition coefficient (Wildman–Crippen LogP) is 1.23. The molecule has 6 heteroatoms. The van der Waals surface area contributed by atoms with E-state index in [1.807, 2.05) is 12.1 Å². The van der Waals surface area contributed by atoms with Gasteiger partial charge in [-0.1, -0.05) is 12.1 Å². The summed E-state index contributed by atoms with van der Waals surface area (Å²) in [6.45, 7) is 6.85. The lowest BCUT2D eigenvalue weighted by molar-refractivity contribution is -1.02. The van der Waals surface area contributed by atoms with Gasteiger partial charge in [-0.05, 0) is 23.6 Å². The Hall–Kier alpha value is -2.04. The minimum absolute atomic E-state index is 0.739. The SMILES string of the molecule is N#Cc1ccc(C[NH+]2CC[NH+](Cc3csc(-c4ccsc4)n3)CC2)cc1. The first-order valence-corrected chi connectivity index (χ1v) is 10.8. The third-order valence-corrected chi connectivity index (χ3v) is 6.58. The topological polar surface area (TPSA) is 45.6 Å². The van der Waals surface area contributed by atoms with E-state index in [9.17, 15) is 0 Å². The average Bonchev–Trinajstić information content (AvgIpc) is 3.36. The molecule has 0 atom stereocenters. The number of aromatic nitrogens is 1. The van der Waals surface area contributed by atoms with E-state index in [1.165, 1.54) is 43.0 Å². The van der Waals surface area contributed by atoms with Crippen LogP contribution in [-0.4, -0.2) is 31.2 Å². The van der Waals surface area contributed by atoms with Crippen molar-refractivity contribution in [2.75, 3.05) is 26.2 Å². The van der Waals surface area contributed by atoms with Crippen molar-refractivity contribution in [3.63, 3.8) is 0 Å². The monoisotopic (exact) mass is 382 g/mol. The molecule has 0 bridgehead atoms. The highest BCUT2D eigenvalue weighted by Gasteiger charge is 2.24. The van der Waals surface area contributed by atoms with Crippen molar-refractivity contribution in [1.82, 2.24) is 4.98 Å². The van der Waals surface area contributed by atoms with Gasteiger partial charge in [-0.3, -0.25) is 0 Å². The quantitative estimate of drug-likeness (QED) is 0.697. The number of nitrogens with zero attached hydrogens (tertiary/aromatic N) is 2. The van der Waals surface area contributed by atoms with Gasteiger partial charge in [0.1, 0.15) is 50.0 Å². The van der Waals surface area contributed by atoms with Crippen molar-refractivity contribution in [2.45, 2.75) is 13.1 Å². The van der Waals surface area contributed by atoms with E-state index in [1.54, 1.807) is 32.5 Å². The molecule has 1 saturated heterocycles. The van der Waals surface area contributed by atoms with Crippen molar-refractivity contribution in [3.8, 4) is 16.6 Å². The number of thiophene rings is 1. The molecule has 4 nitrogen and oxygen atoms in total. The maximum atomic E-state index is 8.89. The molecule has 1 fully saturated rings. The van der Waals surface area contributed by atoms with E-state index in [4.69, 9.17) is 10.2 Å². The number of thiazole rings is 1. The first-order valence-electron chi connectivity index (χ1n) is 8.93. The fourth-order valence-electron chi connectivity index (χ4n) is 3.46. The molecule has 4 rings (SSSR count). The fraction of sp³-hybridized carbons (Fsp3) is 0.300. The van der Waals surface area contributed by atoms with Crippen LogP contribution in [0, 0.1) is 11.3 Å². The van der Waals surface area contributed by atoms with E-state index in [-0.39, 0.29) is 0 Å². The number of rotatable bonds is 5. The van der Waals surface area contributed by atoms with Crippen LogP contribution in [0.4, 0.5) is 0 Å². The fourth-order valence-corrected chi connectivity index (χ4v) is 4.99. The number of nitrogens with one attached hydrogen (secondary N) is 2. The smallest absolute Gasteiger partial charge is 0.127 e. The molecule has 1 aliphatic heterocycles. The summed E-state index contributed by atoms with van der Waals surface area (Å²) in [6, 6.07) is 12.3. The third-order valence-electron chi connectivity index (χ3n) is 4.95. The number of quaternary nitrogens is 2. The molecule has 2 aromatic heterocycles. The van der Waals surface area contributed by atoms with E-state index in [0.717, 1.165) is 23.7 Å². The summed E-state index contributed by atoms with van der Waals surface area (Å²) in [4.78, 5) is 8.09. The number of hydrogen-bond donors (Lipinski definition) is 2. The zero-order valence-electron chi connectivity index (χ0n) is 14.6. The zero-order chi connectivity index (χ0) is 17.8. The molecule has 3 heterocycles. The van der Waals surface area contributed by atoms with Crippen LogP contribution in [0.25, 0.3) is 10.6 Å². The van der Waals surface area contributed by atoms with E-state index in [0.29, 0.717) is 0 Å². The maximum Gasteiger partial charge on any atom is 0.127 e. The Bertz CT molecular complexity index is 869. The standard InChI is InChI=1S/C20H20N4S2/c21-11-16-1-3-17(4-2-16)12-23-6-8-24(9-7-23)13-19-15-26-20(22-19)18-5-10-25-14-18/h1-5,10,14-15H,6-9,12-13H2/p+2. The van der Waals surface area contributed by atoms with Crippen molar-refractivity contribution >= 4 is 22.7 Å². The highest BCUT2D eigenvalue weighted by Crippen LogP contribution is 2.25. The second-order valence-electron chi connectivity index (χ2n) is 6.82. The number of nitriles is 1. The van der Waals surface area contributed by atoms with Gasteiger partial charge in [0.2, 0.25) is 0 Å². The minimum atomic E-state index is 0.739. The molecule has 0 spiro atoms. The highest BCUT2D eigenvalue weighted by molar-refractivity contribution is 7.14. The number of hydrogen-bond acceptors (Lipinski definition) is 4. The summed E-state index contributed by atoms with van der Waals surface area (Å²) in [5.74, 6) is 0. The van der Waals surface area contributed by atoms with Crippen LogP contribution in [0.5, 0.6) is 0 Å². The Morgan fingerprint density at radius 2 is 1.69 bits per heavy atom. The second-order valence-corrected chi connectivity index (χ2v) is 8.46. The van der Waals surface area contributed by atoms with Crippen molar-refractivity contribution in [1.29, 1.82) is 5.26 Å². The van der Waals surface area contributed by atoms with Gasteiger partial charge >= 0.3 is 0 Å². The van der Waals surface area contributed by atoms with Crippen molar-refractivity contribution in [2.24, 2.45) is 0 Å². The number of benzene rings is 1. The molecule has 0 radical (unpaired) electrons. The molecule has 0 amide bonds. The van der Waals surface area contributed by atoms with Crippen LogP contribution < -0.4 is 9.80 Å². The summed E-state index contributed by atoms with van der Waals surface area (Å²) in [7, 11) is 0. The van der Waals surface area contributed by atoms with E-state index < -0.39 is 0 Å². The Balaban J connectivity index is 1.27. The van der Waals surface area contributed by atoms with Crippen LogP contribution in [0.1, 0.15) is 16.8 Å². The molecule has 3 aromatic rings. The number of piperazine rings is 1. The molecule has 1 aliphatic rings.